The molecule has 164 valence electrons. The summed E-state index contributed by atoms with van der Waals surface area (Å²) in [6.45, 7) is 0. The van der Waals surface area contributed by atoms with Gasteiger partial charge in [-0.1, -0.05) is 53.7 Å². The molecule has 1 aliphatic rings. The fourth-order valence-electron chi connectivity index (χ4n) is 3.83. The van der Waals surface area contributed by atoms with Gasteiger partial charge in [0.15, 0.2) is 0 Å². The lowest BCUT2D eigenvalue weighted by Gasteiger charge is -2.12. The zero-order chi connectivity index (χ0) is 22.8. The molecule has 0 unspecified atom stereocenters. The summed E-state index contributed by atoms with van der Waals surface area (Å²) in [5.41, 5.74) is 3.17. The Morgan fingerprint density at radius 3 is 2.45 bits per heavy atom. The van der Waals surface area contributed by atoms with E-state index in [0.29, 0.717) is 18.4 Å². The molecule has 1 aliphatic carbocycles. The Kier molecular flexibility index (Phi) is 5.40. The summed E-state index contributed by atoms with van der Waals surface area (Å²) in [6, 6.07) is 20.3. The molecule has 0 spiro atoms. The number of hydrogen-bond acceptors (Lipinski definition) is 6. The number of carbonyl (C=O) groups excluding carboxylic acids is 2. The minimum atomic E-state index is -0.801. The van der Waals surface area contributed by atoms with Gasteiger partial charge in [0.05, 0.1) is 5.56 Å². The van der Waals surface area contributed by atoms with Gasteiger partial charge in [-0.15, -0.1) is 0 Å². The Bertz CT molecular complexity index is 1330. The van der Waals surface area contributed by atoms with Crippen molar-refractivity contribution < 1.29 is 23.2 Å². The maximum atomic E-state index is 14.0. The van der Waals surface area contributed by atoms with Crippen LogP contribution in [0.15, 0.2) is 77.3 Å². The predicted octanol–water partition coefficient (Wildman–Crippen LogP) is 4.58. The number of benzene rings is 3. The number of carbonyl (C=O) groups is 2. The van der Waals surface area contributed by atoms with Crippen LogP contribution in [0.3, 0.4) is 0 Å². The van der Waals surface area contributed by atoms with Gasteiger partial charge in [0.25, 0.3) is 11.8 Å². The zero-order valence-electron chi connectivity index (χ0n) is 17.3. The van der Waals surface area contributed by atoms with E-state index in [-0.39, 0.29) is 28.9 Å². The van der Waals surface area contributed by atoms with E-state index in [2.05, 4.69) is 15.5 Å². The summed E-state index contributed by atoms with van der Waals surface area (Å²) in [4.78, 5) is 29.0. The van der Waals surface area contributed by atoms with Gasteiger partial charge in [-0.25, -0.2) is 9.18 Å². The maximum absolute atomic E-state index is 14.0. The molecule has 1 heterocycles. The number of nitrogens with one attached hydrogen (secondary N) is 1. The summed E-state index contributed by atoms with van der Waals surface area (Å²) in [5.74, 6) is -0.881. The highest BCUT2D eigenvalue weighted by molar-refractivity contribution is 6.03. The molecule has 1 aromatic heterocycles. The van der Waals surface area contributed by atoms with Crippen LogP contribution >= 0.6 is 0 Å². The molecule has 0 saturated heterocycles. The van der Waals surface area contributed by atoms with Crippen LogP contribution in [-0.4, -0.2) is 28.2 Å². The van der Waals surface area contributed by atoms with E-state index in [1.54, 1.807) is 30.3 Å². The van der Waals surface area contributed by atoms with Crippen molar-refractivity contribution in [2.45, 2.75) is 18.9 Å². The summed E-state index contributed by atoms with van der Waals surface area (Å²) >= 11 is 0. The van der Waals surface area contributed by atoms with Gasteiger partial charge < -0.3 is 9.26 Å². The van der Waals surface area contributed by atoms with Crippen molar-refractivity contribution in [3.63, 3.8) is 0 Å². The molecular formula is C25H18FN3O4. The van der Waals surface area contributed by atoms with Gasteiger partial charge in [-0.05, 0) is 35.4 Å². The first kappa shape index (κ1) is 20.6. The Hall–Kier alpha value is -4.33. The van der Waals surface area contributed by atoms with E-state index in [9.17, 15) is 14.0 Å². The third-order valence-electron chi connectivity index (χ3n) is 5.42. The van der Waals surface area contributed by atoms with E-state index in [0.717, 1.165) is 11.1 Å². The highest BCUT2D eigenvalue weighted by Crippen LogP contribution is 2.25. The van der Waals surface area contributed by atoms with Crippen LogP contribution in [0.2, 0.25) is 0 Å². The van der Waals surface area contributed by atoms with Crippen molar-refractivity contribution >= 4 is 12.0 Å². The number of fused-ring (bicyclic) bond motifs is 1. The van der Waals surface area contributed by atoms with Gasteiger partial charge in [0, 0.05) is 24.0 Å². The molecule has 0 fully saturated rings. The fourth-order valence-corrected chi connectivity index (χ4v) is 3.83. The smallest absolute Gasteiger partial charge is 0.414 e. The monoisotopic (exact) mass is 443 g/mol. The normalized spacial score (nSPS) is 12.9. The largest absolute Gasteiger partial charge is 0.445 e. The molecule has 0 saturated carbocycles. The molecule has 2 amide bonds. The molecule has 0 atom stereocenters. The second kappa shape index (κ2) is 8.66. The van der Waals surface area contributed by atoms with Crippen molar-refractivity contribution in [1.29, 1.82) is 0 Å². The summed E-state index contributed by atoms with van der Waals surface area (Å²) in [5, 5.41) is 6.13. The van der Waals surface area contributed by atoms with Gasteiger partial charge >= 0.3 is 6.09 Å². The maximum Gasteiger partial charge on any atom is 0.414 e. The number of amides is 2. The molecule has 4 aromatic rings. The molecule has 3 aromatic carbocycles. The van der Waals surface area contributed by atoms with Gasteiger partial charge in [0.1, 0.15) is 11.9 Å². The van der Waals surface area contributed by atoms with E-state index < -0.39 is 17.8 Å². The number of halogens is 1. The van der Waals surface area contributed by atoms with E-state index in [1.807, 2.05) is 24.3 Å². The molecule has 0 aliphatic heterocycles. The second-order valence-electron chi connectivity index (χ2n) is 7.64. The topological polar surface area (TPSA) is 94.3 Å². The van der Waals surface area contributed by atoms with Crippen LogP contribution in [-0.2, 0) is 17.6 Å². The standard InChI is InChI=1S/C25H18FN3O4/c26-21-11-4-3-10-20(21)24-27-22(29-33-24)17-8-5-9-18(12-17)23(30)28-25(31)32-19-13-15-6-1-2-7-16(15)14-19/h1-12,19H,13-14H2,(H,28,30,31). The van der Waals surface area contributed by atoms with Crippen molar-refractivity contribution in [2.24, 2.45) is 0 Å². The Morgan fingerprint density at radius 2 is 1.70 bits per heavy atom. The van der Waals surface area contributed by atoms with Crippen LogP contribution in [0, 0.1) is 5.82 Å². The lowest BCUT2D eigenvalue weighted by molar-refractivity contribution is 0.0840. The van der Waals surface area contributed by atoms with Gasteiger partial charge in [0.2, 0.25) is 5.82 Å². The number of aromatic nitrogens is 2. The second-order valence-corrected chi connectivity index (χ2v) is 7.64. The van der Waals surface area contributed by atoms with Gasteiger partial charge in [-0.2, -0.15) is 4.98 Å². The van der Waals surface area contributed by atoms with E-state index in [4.69, 9.17) is 9.26 Å². The molecule has 5 rings (SSSR count). The van der Waals surface area contributed by atoms with Gasteiger partial charge in [-0.3, -0.25) is 10.1 Å². The molecule has 0 radical (unpaired) electrons. The van der Waals surface area contributed by atoms with Crippen LogP contribution in [0.1, 0.15) is 21.5 Å². The first-order valence-corrected chi connectivity index (χ1v) is 10.3. The highest BCUT2D eigenvalue weighted by Gasteiger charge is 2.25. The molecule has 1 N–H and O–H groups in total. The fraction of sp³-hybridized carbons (Fsp3) is 0.120. The summed E-state index contributed by atoms with van der Waals surface area (Å²) in [7, 11) is 0. The van der Waals surface area contributed by atoms with Crippen LogP contribution < -0.4 is 5.32 Å². The number of imide groups is 1. The number of nitrogens with zero attached hydrogens (tertiary/aromatic N) is 2. The van der Waals surface area contributed by atoms with Crippen molar-refractivity contribution in [3.05, 3.63) is 95.3 Å². The average Bonchev–Trinajstić information content (AvgIpc) is 3.46. The van der Waals surface area contributed by atoms with Crippen molar-refractivity contribution in [2.75, 3.05) is 0 Å². The average molecular weight is 443 g/mol. The number of rotatable bonds is 4. The first-order valence-electron chi connectivity index (χ1n) is 10.3. The summed E-state index contributed by atoms with van der Waals surface area (Å²) in [6.07, 6.45) is 0.132. The molecule has 8 heteroatoms. The van der Waals surface area contributed by atoms with Crippen molar-refractivity contribution in [1.82, 2.24) is 15.5 Å². The quantitative estimate of drug-likeness (QED) is 0.496. The Labute approximate surface area is 188 Å². The third-order valence-corrected chi connectivity index (χ3v) is 5.42. The molecule has 7 nitrogen and oxygen atoms in total. The zero-order valence-corrected chi connectivity index (χ0v) is 17.3. The number of hydrogen-bond donors (Lipinski definition) is 1. The lowest BCUT2D eigenvalue weighted by Crippen LogP contribution is -2.34. The van der Waals surface area contributed by atoms with Crippen molar-refractivity contribution in [3.8, 4) is 22.8 Å². The SMILES string of the molecule is O=C(NC(=O)c1cccc(-c2noc(-c3ccccc3F)n2)c1)OC1Cc2ccccc2C1. The summed E-state index contributed by atoms with van der Waals surface area (Å²) < 4.78 is 24.6. The Morgan fingerprint density at radius 1 is 0.970 bits per heavy atom. The Balaban J connectivity index is 1.25. The van der Waals surface area contributed by atoms with E-state index >= 15 is 0 Å². The van der Waals surface area contributed by atoms with Crippen LogP contribution in [0.5, 0.6) is 0 Å². The minimum absolute atomic E-state index is 0.0269. The predicted molar refractivity (Wildman–Crippen MR) is 117 cm³/mol. The molecular weight excluding hydrogens is 425 g/mol. The third kappa shape index (κ3) is 4.36. The van der Waals surface area contributed by atoms with Crippen LogP contribution in [0.4, 0.5) is 9.18 Å². The minimum Gasteiger partial charge on any atom is -0.445 e. The number of alkyl carbamates (subject to hydrolysis) is 1. The van der Waals surface area contributed by atoms with Crippen LogP contribution in [0.25, 0.3) is 22.8 Å². The highest BCUT2D eigenvalue weighted by atomic mass is 19.1. The first-order chi connectivity index (χ1) is 16.1. The molecule has 0 bridgehead atoms. The number of ether oxygens (including phenoxy) is 1. The van der Waals surface area contributed by atoms with E-state index in [1.165, 1.54) is 18.2 Å². The molecule has 33 heavy (non-hydrogen) atoms. The lowest BCUT2D eigenvalue weighted by atomic mass is 10.1.